The Kier molecular flexibility index (Phi) is 3.37. The maximum Gasteiger partial charge on any atom is 0.265 e. The lowest BCUT2D eigenvalue weighted by molar-refractivity contribution is 0.0763. The highest BCUT2D eigenvalue weighted by Crippen LogP contribution is 2.44. The van der Waals surface area contributed by atoms with Gasteiger partial charge in [-0.05, 0) is 38.5 Å². The van der Waals surface area contributed by atoms with Gasteiger partial charge in [0.1, 0.15) is 4.88 Å². The Morgan fingerprint density at radius 2 is 1.95 bits per heavy atom. The number of thiazole rings is 1. The molecule has 1 aromatic rings. The summed E-state index contributed by atoms with van der Waals surface area (Å²) in [5.74, 6) is 0.213. The summed E-state index contributed by atoms with van der Waals surface area (Å²) in [6, 6.07) is 0. The lowest BCUT2D eigenvalue weighted by atomic mass is 9.73. The number of hydrogen-bond acceptors (Lipinski definition) is 3. The van der Waals surface area contributed by atoms with Crippen molar-refractivity contribution in [2.75, 3.05) is 13.1 Å². The molecule has 3 nitrogen and oxygen atoms in total. The van der Waals surface area contributed by atoms with E-state index < -0.39 is 0 Å². The molecule has 4 heteroatoms. The van der Waals surface area contributed by atoms with Crippen LogP contribution >= 0.6 is 11.3 Å². The summed E-state index contributed by atoms with van der Waals surface area (Å²) in [6.45, 7) is 5.83. The molecule has 0 N–H and O–H groups in total. The quantitative estimate of drug-likeness (QED) is 0.787. The van der Waals surface area contributed by atoms with E-state index >= 15 is 0 Å². The zero-order chi connectivity index (χ0) is 13.5. The predicted molar refractivity (Wildman–Crippen MR) is 77.6 cm³/mol. The van der Waals surface area contributed by atoms with E-state index in [4.69, 9.17) is 0 Å². The van der Waals surface area contributed by atoms with E-state index in [0.29, 0.717) is 5.41 Å². The minimum atomic E-state index is 0.213. The van der Waals surface area contributed by atoms with Gasteiger partial charge in [0.15, 0.2) is 0 Å². The molecule has 1 amide bonds. The highest BCUT2D eigenvalue weighted by molar-refractivity contribution is 7.13. The second kappa shape index (κ2) is 4.89. The minimum Gasteiger partial charge on any atom is -0.337 e. The molecule has 1 aliphatic carbocycles. The van der Waals surface area contributed by atoms with Crippen molar-refractivity contribution in [3.8, 4) is 0 Å². The fraction of sp³-hybridized carbons (Fsp3) is 0.733. The molecule has 3 rings (SSSR count). The third kappa shape index (κ3) is 2.42. The van der Waals surface area contributed by atoms with Crippen molar-refractivity contribution in [2.45, 2.75) is 52.4 Å². The van der Waals surface area contributed by atoms with Gasteiger partial charge in [0.25, 0.3) is 5.91 Å². The average Bonchev–Trinajstić information content (AvgIpc) is 2.94. The van der Waals surface area contributed by atoms with E-state index in [1.165, 1.54) is 38.5 Å². The normalized spacial score (nSPS) is 22.1. The first kappa shape index (κ1) is 13.1. The first-order chi connectivity index (χ1) is 9.10. The maximum atomic E-state index is 12.6. The predicted octanol–water partition coefficient (Wildman–Crippen LogP) is 3.56. The molecule has 0 bridgehead atoms. The van der Waals surface area contributed by atoms with E-state index in [1.807, 2.05) is 13.8 Å². The molecule has 1 saturated carbocycles. The Labute approximate surface area is 119 Å². The van der Waals surface area contributed by atoms with Gasteiger partial charge in [0.2, 0.25) is 0 Å². The van der Waals surface area contributed by atoms with Crippen molar-refractivity contribution in [2.24, 2.45) is 5.41 Å². The highest BCUT2D eigenvalue weighted by Gasteiger charge is 2.41. The summed E-state index contributed by atoms with van der Waals surface area (Å²) in [4.78, 5) is 19.9. The number of aromatic nitrogens is 1. The number of nitrogens with zero attached hydrogens (tertiary/aromatic N) is 2. The van der Waals surface area contributed by atoms with Crippen LogP contribution in [0.1, 0.15) is 58.9 Å². The Balaban J connectivity index is 1.74. The number of carbonyl (C=O) groups excluding carboxylic acids is 1. The van der Waals surface area contributed by atoms with Crippen LogP contribution in [0.4, 0.5) is 0 Å². The standard InChI is InChI=1S/C15H22N2OS/c1-11-13(19-12(2)16-11)14(18)17-9-8-15(10-17)6-4-3-5-7-15/h3-10H2,1-2H3. The lowest BCUT2D eigenvalue weighted by Gasteiger charge is -2.33. The molecule has 0 radical (unpaired) electrons. The maximum absolute atomic E-state index is 12.6. The van der Waals surface area contributed by atoms with Crippen LogP contribution < -0.4 is 0 Å². The molecule has 2 fully saturated rings. The fourth-order valence-electron chi connectivity index (χ4n) is 3.69. The van der Waals surface area contributed by atoms with Gasteiger partial charge in [-0.15, -0.1) is 11.3 Å². The molecule has 0 atom stereocenters. The molecule has 0 unspecified atom stereocenters. The number of rotatable bonds is 1. The van der Waals surface area contributed by atoms with Crippen molar-refractivity contribution in [1.82, 2.24) is 9.88 Å². The molecule has 104 valence electrons. The third-order valence-electron chi connectivity index (χ3n) is 4.74. The fourth-order valence-corrected chi connectivity index (χ4v) is 4.58. The molecular weight excluding hydrogens is 256 g/mol. The molecule has 1 aromatic heterocycles. The number of carbonyl (C=O) groups is 1. The first-order valence-electron chi connectivity index (χ1n) is 7.33. The van der Waals surface area contributed by atoms with Gasteiger partial charge >= 0.3 is 0 Å². The van der Waals surface area contributed by atoms with Crippen molar-refractivity contribution in [3.63, 3.8) is 0 Å². The van der Waals surface area contributed by atoms with E-state index in [1.54, 1.807) is 11.3 Å². The Morgan fingerprint density at radius 1 is 1.21 bits per heavy atom. The van der Waals surface area contributed by atoms with Crippen LogP contribution in [0.2, 0.25) is 0 Å². The van der Waals surface area contributed by atoms with Gasteiger partial charge in [0, 0.05) is 13.1 Å². The summed E-state index contributed by atoms with van der Waals surface area (Å²) < 4.78 is 0. The smallest absolute Gasteiger partial charge is 0.265 e. The summed E-state index contributed by atoms with van der Waals surface area (Å²) >= 11 is 1.54. The number of likely N-dealkylation sites (tertiary alicyclic amines) is 1. The molecule has 2 aliphatic rings. The lowest BCUT2D eigenvalue weighted by Crippen LogP contribution is -2.33. The zero-order valence-corrected chi connectivity index (χ0v) is 12.7. The topological polar surface area (TPSA) is 33.2 Å². The number of hydrogen-bond donors (Lipinski definition) is 0. The second-order valence-corrected chi connectivity index (χ2v) is 7.39. The van der Waals surface area contributed by atoms with Crippen LogP contribution in [0.5, 0.6) is 0 Å². The van der Waals surface area contributed by atoms with Crippen molar-refractivity contribution < 1.29 is 4.79 Å². The van der Waals surface area contributed by atoms with Crippen molar-refractivity contribution in [1.29, 1.82) is 0 Å². The molecule has 1 saturated heterocycles. The molecule has 19 heavy (non-hydrogen) atoms. The Bertz CT molecular complexity index is 488. The summed E-state index contributed by atoms with van der Waals surface area (Å²) in [5.41, 5.74) is 1.35. The minimum absolute atomic E-state index is 0.213. The Morgan fingerprint density at radius 3 is 2.58 bits per heavy atom. The summed E-state index contributed by atoms with van der Waals surface area (Å²) in [5, 5.41) is 0.993. The molecule has 1 spiro atoms. The van der Waals surface area contributed by atoms with Crippen molar-refractivity contribution >= 4 is 17.2 Å². The van der Waals surface area contributed by atoms with Gasteiger partial charge in [0.05, 0.1) is 10.7 Å². The monoisotopic (exact) mass is 278 g/mol. The second-order valence-electron chi connectivity index (χ2n) is 6.18. The molecule has 1 aliphatic heterocycles. The highest BCUT2D eigenvalue weighted by atomic mass is 32.1. The van der Waals surface area contributed by atoms with E-state index in [9.17, 15) is 4.79 Å². The van der Waals surface area contributed by atoms with Gasteiger partial charge in [-0.2, -0.15) is 0 Å². The van der Waals surface area contributed by atoms with Gasteiger partial charge in [-0.3, -0.25) is 4.79 Å². The molecule has 0 aromatic carbocycles. The van der Waals surface area contributed by atoms with Crippen molar-refractivity contribution in [3.05, 3.63) is 15.6 Å². The number of aryl methyl sites for hydroxylation is 2. The van der Waals surface area contributed by atoms with E-state index in [2.05, 4.69) is 9.88 Å². The first-order valence-corrected chi connectivity index (χ1v) is 8.15. The largest absolute Gasteiger partial charge is 0.337 e. The third-order valence-corrected chi connectivity index (χ3v) is 5.80. The number of amides is 1. The van der Waals surface area contributed by atoms with Crippen LogP contribution in [-0.4, -0.2) is 28.9 Å². The van der Waals surface area contributed by atoms with Crippen LogP contribution in [-0.2, 0) is 0 Å². The van der Waals surface area contributed by atoms with E-state index in [-0.39, 0.29) is 5.91 Å². The van der Waals surface area contributed by atoms with Crippen LogP contribution in [0, 0.1) is 19.3 Å². The van der Waals surface area contributed by atoms with Crippen LogP contribution in [0.15, 0.2) is 0 Å². The summed E-state index contributed by atoms with van der Waals surface area (Å²) in [6.07, 6.45) is 7.91. The van der Waals surface area contributed by atoms with Gasteiger partial charge in [-0.1, -0.05) is 19.3 Å². The Hall–Kier alpha value is -0.900. The van der Waals surface area contributed by atoms with Gasteiger partial charge in [-0.25, -0.2) is 4.98 Å². The van der Waals surface area contributed by atoms with Crippen LogP contribution in [0.3, 0.4) is 0 Å². The molecule has 2 heterocycles. The van der Waals surface area contributed by atoms with Gasteiger partial charge < -0.3 is 4.90 Å². The average molecular weight is 278 g/mol. The molecular formula is C15H22N2OS. The van der Waals surface area contributed by atoms with Crippen LogP contribution in [0.25, 0.3) is 0 Å². The zero-order valence-electron chi connectivity index (χ0n) is 11.9. The SMILES string of the molecule is Cc1nc(C)c(C(=O)N2CCC3(CCCCC3)C2)s1. The summed E-state index contributed by atoms with van der Waals surface area (Å²) in [7, 11) is 0. The van der Waals surface area contributed by atoms with E-state index in [0.717, 1.165) is 28.7 Å².